The van der Waals surface area contributed by atoms with Crippen molar-refractivity contribution in [2.45, 2.75) is 60.8 Å². The Balaban J connectivity index is 1.19. The highest BCUT2D eigenvalue weighted by molar-refractivity contribution is 8.00. The first-order chi connectivity index (χ1) is 15.2. The van der Waals surface area contributed by atoms with Crippen LogP contribution in [0.5, 0.6) is 0 Å². The highest BCUT2D eigenvalue weighted by Crippen LogP contribution is 2.38. The van der Waals surface area contributed by atoms with Crippen LogP contribution < -0.4 is 10.9 Å². The van der Waals surface area contributed by atoms with Gasteiger partial charge in [0.25, 0.3) is 5.56 Å². The summed E-state index contributed by atoms with van der Waals surface area (Å²) in [6.45, 7) is 0. The van der Waals surface area contributed by atoms with Crippen LogP contribution in [0.25, 0.3) is 10.2 Å². The fraction of sp³-hybridized carbons (Fsp3) is 0.435. The highest BCUT2D eigenvalue weighted by Gasteiger charge is 2.21. The van der Waals surface area contributed by atoms with Crippen LogP contribution in [-0.2, 0) is 23.4 Å². The highest BCUT2D eigenvalue weighted by atomic mass is 32.2. The molecule has 2 heterocycles. The quantitative estimate of drug-likeness (QED) is 0.484. The number of aromatic amines is 1. The lowest BCUT2D eigenvalue weighted by Gasteiger charge is -2.14. The number of thioether (sulfide) groups is 2. The molecular weight excluding hydrogens is 446 g/mol. The van der Waals surface area contributed by atoms with Crippen molar-refractivity contribution in [3.63, 3.8) is 0 Å². The van der Waals surface area contributed by atoms with Crippen molar-refractivity contribution < 1.29 is 4.79 Å². The Morgan fingerprint density at radius 2 is 2.03 bits per heavy atom. The summed E-state index contributed by atoms with van der Waals surface area (Å²) >= 11 is 5.01. The number of anilines is 1. The van der Waals surface area contributed by atoms with E-state index in [1.54, 1.807) is 11.3 Å². The summed E-state index contributed by atoms with van der Waals surface area (Å²) in [5.74, 6) is 1.46. The zero-order valence-electron chi connectivity index (χ0n) is 17.2. The largest absolute Gasteiger partial charge is 0.324 e. The number of carbonyl (C=O) groups excluding carboxylic acids is 1. The third-order valence-corrected chi connectivity index (χ3v) is 9.40. The van der Waals surface area contributed by atoms with Crippen LogP contribution in [-0.4, -0.2) is 26.9 Å². The van der Waals surface area contributed by atoms with Gasteiger partial charge in [-0.15, -0.1) is 34.9 Å². The smallest absolute Gasteiger partial charge is 0.259 e. The predicted molar refractivity (Wildman–Crippen MR) is 132 cm³/mol. The van der Waals surface area contributed by atoms with Crippen LogP contribution >= 0.6 is 34.9 Å². The van der Waals surface area contributed by atoms with E-state index in [1.807, 2.05) is 30.0 Å². The maximum absolute atomic E-state index is 12.6. The summed E-state index contributed by atoms with van der Waals surface area (Å²) in [7, 11) is 0. The molecule has 5 nitrogen and oxygen atoms in total. The van der Waals surface area contributed by atoms with Crippen molar-refractivity contribution in [3.8, 4) is 0 Å². The zero-order chi connectivity index (χ0) is 21.2. The van der Waals surface area contributed by atoms with Gasteiger partial charge >= 0.3 is 0 Å². The summed E-state index contributed by atoms with van der Waals surface area (Å²) < 4.78 is 0. The minimum atomic E-state index is -0.0395. The van der Waals surface area contributed by atoms with Crippen molar-refractivity contribution in [1.82, 2.24) is 9.97 Å². The third-order valence-electron chi connectivity index (χ3n) is 5.85. The number of hydrogen-bond acceptors (Lipinski definition) is 6. The molecule has 0 saturated heterocycles. The summed E-state index contributed by atoms with van der Waals surface area (Å²) in [5.41, 5.74) is 2.05. The molecule has 1 aromatic carbocycles. The summed E-state index contributed by atoms with van der Waals surface area (Å²) in [4.78, 5) is 36.0. The Hall–Kier alpha value is -1.77. The van der Waals surface area contributed by atoms with Crippen molar-refractivity contribution in [2.24, 2.45) is 0 Å². The average molecular weight is 472 g/mol. The van der Waals surface area contributed by atoms with Gasteiger partial charge in [0.2, 0.25) is 5.91 Å². The van der Waals surface area contributed by atoms with Crippen molar-refractivity contribution in [1.29, 1.82) is 0 Å². The summed E-state index contributed by atoms with van der Waals surface area (Å²) in [6.07, 6.45) is 8.29. The maximum Gasteiger partial charge on any atom is 0.259 e. The molecule has 2 aliphatic carbocycles. The van der Waals surface area contributed by atoms with Gasteiger partial charge in [-0.25, -0.2) is 4.98 Å². The number of para-hydroxylation sites is 1. The van der Waals surface area contributed by atoms with E-state index in [2.05, 4.69) is 21.4 Å². The number of aromatic nitrogens is 2. The number of aryl methyl sites for hydroxylation is 2. The predicted octanol–water partition coefficient (Wildman–Crippen LogP) is 5.38. The van der Waals surface area contributed by atoms with Gasteiger partial charge in [0.05, 0.1) is 22.6 Å². The lowest BCUT2D eigenvalue weighted by molar-refractivity contribution is -0.113. The Labute approximate surface area is 193 Å². The van der Waals surface area contributed by atoms with Crippen LogP contribution in [0.1, 0.15) is 48.4 Å². The van der Waals surface area contributed by atoms with Crippen molar-refractivity contribution >= 4 is 56.7 Å². The SMILES string of the molecule is O=C(CSCc1nc2sc3c(c2c(=O)[nH]1)CCC3)Nc1ccccc1SC1CCCC1. The molecule has 1 fully saturated rings. The number of thiophene rings is 1. The number of nitrogens with one attached hydrogen (secondary N) is 2. The van der Waals surface area contributed by atoms with Crippen LogP contribution in [0, 0.1) is 0 Å². The number of rotatable bonds is 7. The van der Waals surface area contributed by atoms with E-state index >= 15 is 0 Å². The van der Waals surface area contributed by atoms with Gasteiger partial charge in [-0.05, 0) is 49.8 Å². The molecular formula is C23H25N3O2S3. The summed E-state index contributed by atoms with van der Waals surface area (Å²) in [5, 5.41) is 4.50. The molecule has 8 heteroatoms. The zero-order valence-corrected chi connectivity index (χ0v) is 19.7. The second-order valence-electron chi connectivity index (χ2n) is 8.11. The summed E-state index contributed by atoms with van der Waals surface area (Å²) in [6, 6.07) is 8.06. The number of benzene rings is 1. The van der Waals surface area contributed by atoms with Crippen LogP contribution in [0.3, 0.4) is 0 Å². The van der Waals surface area contributed by atoms with Crippen molar-refractivity contribution in [2.75, 3.05) is 11.1 Å². The van der Waals surface area contributed by atoms with Gasteiger partial charge in [-0.2, -0.15) is 0 Å². The van der Waals surface area contributed by atoms with Crippen molar-refractivity contribution in [3.05, 3.63) is 50.9 Å². The minimum Gasteiger partial charge on any atom is -0.324 e. The molecule has 0 bridgehead atoms. The molecule has 1 saturated carbocycles. The van der Waals surface area contributed by atoms with E-state index in [4.69, 9.17) is 0 Å². The molecule has 2 N–H and O–H groups in total. The van der Waals surface area contributed by atoms with Crippen LogP contribution in [0.4, 0.5) is 5.69 Å². The topological polar surface area (TPSA) is 74.8 Å². The van der Waals surface area contributed by atoms with E-state index in [0.29, 0.717) is 22.6 Å². The van der Waals surface area contributed by atoms with Gasteiger partial charge in [0.1, 0.15) is 10.7 Å². The maximum atomic E-state index is 12.6. The standard InChI is InChI=1S/C23H25N3O2S3/c27-20(24-16-9-3-4-10-18(16)30-14-6-1-2-7-14)13-29-12-19-25-22(28)21-15-8-5-11-17(15)31-23(21)26-19/h3-4,9-10,14H,1-2,5-8,11-13H2,(H,24,27)(H,25,26,28). The number of amides is 1. The second-order valence-corrected chi connectivity index (χ2v) is 11.5. The van der Waals surface area contributed by atoms with Gasteiger partial charge in [-0.1, -0.05) is 25.0 Å². The Morgan fingerprint density at radius 1 is 1.19 bits per heavy atom. The second kappa shape index (κ2) is 9.38. The van der Waals surface area contributed by atoms with Gasteiger partial charge < -0.3 is 10.3 Å². The Kier molecular flexibility index (Phi) is 6.39. The van der Waals surface area contributed by atoms with E-state index < -0.39 is 0 Å². The Morgan fingerprint density at radius 3 is 2.90 bits per heavy atom. The minimum absolute atomic E-state index is 0.0250. The number of nitrogens with zero attached hydrogens (tertiary/aromatic N) is 1. The van der Waals surface area contributed by atoms with Crippen LogP contribution in [0.15, 0.2) is 34.0 Å². The first kappa shape index (κ1) is 21.1. The average Bonchev–Trinajstić information content (AvgIpc) is 3.47. The fourth-order valence-corrected chi connectivity index (χ4v) is 7.70. The monoisotopic (exact) mass is 471 g/mol. The molecule has 5 rings (SSSR count). The van der Waals surface area contributed by atoms with Gasteiger partial charge in [0.15, 0.2) is 0 Å². The van der Waals surface area contributed by atoms with Gasteiger partial charge in [-0.3, -0.25) is 9.59 Å². The van der Waals surface area contributed by atoms with Gasteiger partial charge in [0, 0.05) is 15.0 Å². The molecule has 0 unspecified atom stereocenters. The lowest BCUT2D eigenvalue weighted by Crippen LogP contribution is -2.16. The molecule has 0 radical (unpaired) electrons. The molecule has 3 aromatic rings. The van der Waals surface area contributed by atoms with Crippen LogP contribution in [0.2, 0.25) is 0 Å². The number of H-pyrrole nitrogens is 1. The normalized spacial score (nSPS) is 16.1. The Bertz CT molecular complexity index is 1160. The van der Waals surface area contributed by atoms with E-state index in [-0.39, 0.29) is 11.5 Å². The molecule has 2 aromatic heterocycles. The lowest BCUT2D eigenvalue weighted by atomic mass is 10.2. The fourth-order valence-electron chi connectivity index (χ4n) is 4.40. The number of carbonyl (C=O) groups is 1. The van der Waals surface area contributed by atoms with E-state index in [9.17, 15) is 9.59 Å². The molecule has 2 aliphatic rings. The number of fused-ring (bicyclic) bond motifs is 3. The van der Waals surface area contributed by atoms with E-state index in [0.717, 1.165) is 40.1 Å². The molecule has 0 spiro atoms. The number of hydrogen-bond donors (Lipinski definition) is 2. The molecule has 0 atom stereocenters. The van der Waals surface area contributed by atoms with E-state index in [1.165, 1.54) is 47.9 Å². The first-order valence-electron chi connectivity index (χ1n) is 10.8. The molecule has 31 heavy (non-hydrogen) atoms. The first-order valence-corrected chi connectivity index (χ1v) is 13.7. The molecule has 162 valence electrons. The molecule has 1 amide bonds. The third kappa shape index (κ3) is 4.71. The molecule has 0 aliphatic heterocycles.